The lowest BCUT2D eigenvalue weighted by Gasteiger charge is -2.26. The number of ether oxygens (including phenoxy) is 2. The number of esters is 1. The molecule has 4 nitrogen and oxygen atoms in total. The SMILES string of the molecule is C=C(CCCCOC)C(C)(C(C)=O)C(=O)OCC. The topological polar surface area (TPSA) is 52.6 Å². The van der Waals surface area contributed by atoms with Crippen LogP contribution in [0.4, 0.5) is 0 Å². The Bertz CT molecular complexity index is 309. The fraction of sp³-hybridized carbons (Fsp3) is 0.714. The first kappa shape index (κ1) is 16.8. The van der Waals surface area contributed by atoms with Crippen LogP contribution in [0.5, 0.6) is 0 Å². The molecule has 0 radical (unpaired) electrons. The number of ketones is 1. The van der Waals surface area contributed by atoms with Gasteiger partial charge in [-0.1, -0.05) is 12.2 Å². The molecule has 0 aromatic carbocycles. The Morgan fingerprint density at radius 2 is 1.89 bits per heavy atom. The monoisotopic (exact) mass is 256 g/mol. The Kier molecular flexibility index (Phi) is 7.51. The number of methoxy groups -OCH3 is 1. The normalized spacial score (nSPS) is 13.8. The number of carbonyl (C=O) groups excluding carboxylic acids is 2. The molecule has 0 aliphatic heterocycles. The molecule has 0 saturated carbocycles. The third-order valence-corrected chi connectivity index (χ3v) is 3.17. The maximum absolute atomic E-state index is 11.9. The highest BCUT2D eigenvalue weighted by molar-refractivity contribution is 6.05. The van der Waals surface area contributed by atoms with Gasteiger partial charge in [0.25, 0.3) is 0 Å². The quantitative estimate of drug-likeness (QED) is 0.275. The molecule has 0 aromatic heterocycles. The van der Waals surface area contributed by atoms with Crippen molar-refractivity contribution in [1.29, 1.82) is 0 Å². The van der Waals surface area contributed by atoms with Gasteiger partial charge >= 0.3 is 5.97 Å². The van der Waals surface area contributed by atoms with Crippen LogP contribution in [0.15, 0.2) is 12.2 Å². The van der Waals surface area contributed by atoms with E-state index in [1.165, 1.54) is 6.92 Å². The summed E-state index contributed by atoms with van der Waals surface area (Å²) in [6.07, 6.45) is 2.35. The Hall–Kier alpha value is -1.16. The summed E-state index contributed by atoms with van der Waals surface area (Å²) in [7, 11) is 1.65. The van der Waals surface area contributed by atoms with Crippen molar-refractivity contribution in [1.82, 2.24) is 0 Å². The molecule has 0 amide bonds. The molecule has 0 spiro atoms. The Balaban J connectivity index is 4.63. The van der Waals surface area contributed by atoms with Crippen molar-refractivity contribution in [2.45, 2.75) is 40.0 Å². The molecule has 0 aliphatic rings. The average Bonchev–Trinajstić information content (AvgIpc) is 2.33. The van der Waals surface area contributed by atoms with Crippen molar-refractivity contribution in [3.63, 3.8) is 0 Å². The molecule has 1 unspecified atom stereocenters. The molecule has 1 atom stereocenters. The molecule has 104 valence electrons. The van der Waals surface area contributed by atoms with E-state index < -0.39 is 11.4 Å². The van der Waals surface area contributed by atoms with Crippen molar-refractivity contribution >= 4 is 11.8 Å². The van der Waals surface area contributed by atoms with Gasteiger partial charge in [-0.2, -0.15) is 0 Å². The van der Waals surface area contributed by atoms with Crippen molar-refractivity contribution < 1.29 is 19.1 Å². The molecular formula is C14H24O4. The molecule has 0 aliphatic carbocycles. The van der Waals surface area contributed by atoms with E-state index in [9.17, 15) is 9.59 Å². The minimum Gasteiger partial charge on any atom is -0.465 e. The summed E-state index contributed by atoms with van der Waals surface area (Å²) >= 11 is 0. The summed E-state index contributed by atoms with van der Waals surface area (Å²) in [6, 6.07) is 0. The fourth-order valence-electron chi connectivity index (χ4n) is 1.65. The van der Waals surface area contributed by atoms with Gasteiger partial charge < -0.3 is 9.47 Å². The van der Waals surface area contributed by atoms with E-state index in [1.807, 2.05) is 0 Å². The van der Waals surface area contributed by atoms with Gasteiger partial charge in [0.15, 0.2) is 5.78 Å². The second kappa shape index (κ2) is 8.03. The maximum atomic E-state index is 11.9. The summed E-state index contributed by atoms with van der Waals surface area (Å²) < 4.78 is 9.93. The minimum absolute atomic E-state index is 0.224. The number of Topliss-reactive ketones (excluding diaryl/α,β-unsaturated/α-hetero) is 1. The number of rotatable bonds is 9. The number of hydrogen-bond acceptors (Lipinski definition) is 4. The molecule has 0 rings (SSSR count). The molecule has 18 heavy (non-hydrogen) atoms. The molecular weight excluding hydrogens is 232 g/mol. The van der Waals surface area contributed by atoms with Crippen LogP contribution in [-0.4, -0.2) is 32.1 Å². The molecule has 0 aromatic rings. The predicted octanol–water partition coefficient (Wildman–Crippen LogP) is 2.52. The molecule has 0 heterocycles. The van der Waals surface area contributed by atoms with Crippen molar-refractivity contribution in [2.24, 2.45) is 5.41 Å². The lowest BCUT2D eigenvalue weighted by atomic mass is 9.77. The zero-order valence-corrected chi connectivity index (χ0v) is 11.9. The number of carbonyl (C=O) groups is 2. The number of hydrogen-bond donors (Lipinski definition) is 0. The van der Waals surface area contributed by atoms with E-state index >= 15 is 0 Å². The smallest absolute Gasteiger partial charge is 0.323 e. The zero-order chi connectivity index (χ0) is 14.2. The fourth-order valence-corrected chi connectivity index (χ4v) is 1.65. The van der Waals surface area contributed by atoms with Crippen molar-refractivity contribution in [2.75, 3.05) is 20.3 Å². The largest absolute Gasteiger partial charge is 0.465 e. The lowest BCUT2D eigenvalue weighted by Crippen LogP contribution is -2.38. The molecule has 0 bridgehead atoms. The highest BCUT2D eigenvalue weighted by atomic mass is 16.5. The van der Waals surface area contributed by atoms with Crippen LogP contribution >= 0.6 is 0 Å². The average molecular weight is 256 g/mol. The van der Waals surface area contributed by atoms with E-state index in [2.05, 4.69) is 6.58 Å². The van der Waals surface area contributed by atoms with Crippen LogP contribution < -0.4 is 0 Å². The van der Waals surface area contributed by atoms with E-state index in [-0.39, 0.29) is 12.4 Å². The van der Waals surface area contributed by atoms with Crippen LogP contribution in [0.1, 0.15) is 40.0 Å². The predicted molar refractivity (Wildman–Crippen MR) is 70.3 cm³/mol. The van der Waals surface area contributed by atoms with Crippen LogP contribution in [0, 0.1) is 5.41 Å². The lowest BCUT2D eigenvalue weighted by molar-refractivity contribution is -0.156. The van der Waals surface area contributed by atoms with Gasteiger partial charge in [0.05, 0.1) is 6.61 Å². The first-order valence-corrected chi connectivity index (χ1v) is 6.26. The molecule has 0 fully saturated rings. The van der Waals surface area contributed by atoms with Crippen LogP contribution in [-0.2, 0) is 19.1 Å². The first-order valence-electron chi connectivity index (χ1n) is 6.26. The maximum Gasteiger partial charge on any atom is 0.323 e. The van der Waals surface area contributed by atoms with Crippen molar-refractivity contribution in [3.8, 4) is 0 Å². The number of unbranched alkanes of at least 4 members (excludes halogenated alkanes) is 1. The van der Waals surface area contributed by atoms with Gasteiger partial charge in [0, 0.05) is 13.7 Å². The third-order valence-electron chi connectivity index (χ3n) is 3.17. The third kappa shape index (κ3) is 4.26. The van der Waals surface area contributed by atoms with Crippen LogP contribution in [0.2, 0.25) is 0 Å². The summed E-state index contributed by atoms with van der Waals surface area (Å²) in [4.78, 5) is 23.6. The summed E-state index contributed by atoms with van der Waals surface area (Å²) in [5.41, 5.74) is -0.604. The highest BCUT2D eigenvalue weighted by Crippen LogP contribution is 2.32. The Labute approximate surface area is 109 Å². The van der Waals surface area contributed by atoms with Crippen LogP contribution in [0.3, 0.4) is 0 Å². The Morgan fingerprint density at radius 1 is 1.28 bits per heavy atom. The van der Waals surface area contributed by atoms with Gasteiger partial charge in [0.2, 0.25) is 0 Å². The summed E-state index contributed by atoms with van der Waals surface area (Å²) in [6.45, 7) is 9.53. The summed E-state index contributed by atoms with van der Waals surface area (Å²) in [5.74, 6) is -0.730. The molecule has 0 N–H and O–H groups in total. The van der Waals surface area contributed by atoms with Gasteiger partial charge in [0.1, 0.15) is 5.41 Å². The second-order valence-electron chi connectivity index (χ2n) is 4.46. The van der Waals surface area contributed by atoms with Gasteiger partial charge in [-0.15, -0.1) is 0 Å². The van der Waals surface area contributed by atoms with E-state index in [4.69, 9.17) is 9.47 Å². The minimum atomic E-state index is -1.22. The van der Waals surface area contributed by atoms with Gasteiger partial charge in [-0.05, 0) is 40.0 Å². The zero-order valence-electron chi connectivity index (χ0n) is 11.9. The van der Waals surface area contributed by atoms with Gasteiger partial charge in [-0.3, -0.25) is 9.59 Å². The van der Waals surface area contributed by atoms with E-state index in [0.717, 1.165) is 12.8 Å². The molecule has 0 saturated heterocycles. The Morgan fingerprint density at radius 3 is 2.33 bits per heavy atom. The van der Waals surface area contributed by atoms with Crippen molar-refractivity contribution in [3.05, 3.63) is 12.2 Å². The van der Waals surface area contributed by atoms with Crippen LogP contribution in [0.25, 0.3) is 0 Å². The van der Waals surface area contributed by atoms with E-state index in [0.29, 0.717) is 18.6 Å². The second-order valence-corrected chi connectivity index (χ2v) is 4.46. The van der Waals surface area contributed by atoms with E-state index in [1.54, 1.807) is 21.0 Å². The first-order chi connectivity index (χ1) is 8.41. The standard InChI is InChI=1S/C14H24O4/c1-6-18-13(16)14(4,12(3)15)11(2)9-7-8-10-17-5/h2,6-10H2,1,3-5H3. The summed E-state index contributed by atoms with van der Waals surface area (Å²) in [5, 5.41) is 0. The molecule has 4 heteroatoms. The van der Waals surface area contributed by atoms with Gasteiger partial charge in [-0.25, -0.2) is 0 Å². The highest BCUT2D eigenvalue weighted by Gasteiger charge is 2.41.